The van der Waals surface area contributed by atoms with Gasteiger partial charge in [0, 0.05) is 19.0 Å². The van der Waals surface area contributed by atoms with Gasteiger partial charge in [0.05, 0.1) is 25.5 Å². The predicted octanol–water partition coefficient (Wildman–Crippen LogP) is 1.81. The molecule has 0 aliphatic carbocycles. The Bertz CT molecular complexity index is 279. The van der Waals surface area contributed by atoms with Crippen molar-refractivity contribution in [1.82, 2.24) is 10.3 Å². The molecule has 4 nitrogen and oxygen atoms in total. The molecular formula is C11H20N2O2S. The monoisotopic (exact) mass is 244 g/mol. The van der Waals surface area contributed by atoms with E-state index in [9.17, 15) is 0 Å². The van der Waals surface area contributed by atoms with E-state index in [4.69, 9.17) is 9.47 Å². The highest BCUT2D eigenvalue weighted by molar-refractivity contribution is 7.09. The zero-order valence-electron chi connectivity index (χ0n) is 9.99. The molecule has 0 spiro atoms. The summed E-state index contributed by atoms with van der Waals surface area (Å²) in [7, 11) is 1.67. The van der Waals surface area contributed by atoms with E-state index >= 15 is 0 Å². The van der Waals surface area contributed by atoms with Gasteiger partial charge in [0.1, 0.15) is 5.01 Å². The molecule has 5 heteroatoms. The maximum absolute atomic E-state index is 5.40. The number of nitrogens with zero attached hydrogens (tertiary/aromatic N) is 1. The Kier molecular flexibility index (Phi) is 7.33. The minimum Gasteiger partial charge on any atom is -0.382 e. The summed E-state index contributed by atoms with van der Waals surface area (Å²) >= 11 is 1.68. The van der Waals surface area contributed by atoms with Crippen molar-refractivity contribution in [2.24, 2.45) is 0 Å². The number of nitrogens with one attached hydrogen (secondary N) is 1. The van der Waals surface area contributed by atoms with Gasteiger partial charge in [0.25, 0.3) is 0 Å². The lowest BCUT2D eigenvalue weighted by Crippen LogP contribution is -2.13. The fourth-order valence-corrected chi connectivity index (χ4v) is 1.94. The lowest BCUT2D eigenvalue weighted by atomic mass is 10.5. The molecule has 0 aliphatic heterocycles. The van der Waals surface area contributed by atoms with Crippen LogP contribution in [-0.4, -0.2) is 31.9 Å². The van der Waals surface area contributed by atoms with Gasteiger partial charge in [-0.2, -0.15) is 0 Å². The largest absolute Gasteiger partial charge is 0.382 e. The van der Waals surface area contributed by atoms with Gasteiger partial charge in [-0.1, -0.05) is 6.92 Å². The highest BCUT2D eigenvalue weighted by Crippen LogP contribution is 2.10. The Balaban J connectivity index is 2.17. The normalized spacial score (nSPS) is 10.9. The molecule has 0 radical (unpaired) electrons. The molecule has 0 saturated carbocycles. The zero-order valence-corrected chi connectivity index (χ0v) is 10.8. The van der Waals surface area contributed by atoms with Gasteiger partial charge in [-0.15, -0.1) is 11.3 Å². The molecule has 0 aromatic carbocycles. The number of ether oxygens (including phenoxy) is 2. The SMILES string of the molecule is CCCNCc1nc(COCCOC)cs1. The Morgan fingerprint density at radius 3 is 3.06 bits per heavy atom. The van der Waals surface area contributed by atoms with E-state index in [1.807, 2.05) is 0 Å². The lowest BCUT2D eigenvalue weighted by molar-refractivity contribution is 0.0604. The molecule has 1 rings (SSSR count). The van der Waals surface area contributed by atoms with Gasteiger partial charge in [-0.05, 0) is 13.0 Å². The Morgan fingerprint density at radius 1 is 1.44 bits per heavy atom. The topological polar surface area (TPSA) is 43.4 Å². The molecule has 1 heterocycles. The molecule has 1 aromatic heterocycles. The quantitative estimate of drug-likeness (QED) is 0.673. The minimum absolute atomic E-state index is 0.577. The number of methoxy groups -OCH3 is 1. The first kappa shape index (κ1) is 13.6. The van der Waals surface area contributed by atoms with Gasteiger partial charge in [0.2, 0.25) is 0 Å². The van der Waals surface area contributed by atoms with Gasteiger partial charge >= 0.3 is 0 Å². The number of thiazole rings is 1. The number of hydrogen-bond donors (Lipinski definition) is 1. The molecule has 0 bridgehead atoms. The maximum atomic E-state index is 5.40. The van der Waals surface area contributed by atoms with Crippen LogP contribution in [0.5, 0.6) is 0 Å². The van der Waals surface area contributed by atoms with Crippen molar-refractivity contribution in [1.29, 1.82) is 0 Å². The van der Waals surface area contributed by atoms with Crippen molar-refractivity contribution in [2.75, 3.05) is 26.9 Å². The highest BCUT2D eigenvalue weighted by Gasteiger charge is 2.01. The molecule has 16 heavy (non-hydrogen) atoms. The molecule has 0 atom stereocenters. The minimum atomic E-state index is 0.577. The van der Waals surface area contributed by atoms with E-state index in [-0.39, 0.29) is 0 Å². The Morgan fingerprint density at radius 2 is 2.31 bits per heavy atom. The highest BCUT2D eigenvalue weighted by atomic mass is 32.1. The molecular weight excluding hydrogens is 224 g/mol. The van der Waals surface area contributed by atoms with Crippen molar-refractivity contribution in [2.45, 2.75) is 26.5 Å². The van der Waals surface area contributed by atoms with Crippen LogP contribution in [0.25, 0.3) is 0 Å². The summed E-state index contributed by atoms with van der Waals surface area (Å²) in [5.74, 6) is 0. The smallest absolute Gasteiger partial charge is 0.107 e. The van der Waals surface area contributed by atoms with E-state index in [1.165, 1.54) is 0 Å². The molecule has 0 unspecified atom stereocenters. The van der Waals surface area contributed by atoms with Crippen LogP contribution in [0.4, 0.5) is 0 Å². The second-order valence-corrected chi connectivity index (χ2v) is 4.40. The van der Waals surface area contributed by atoms with Gasteiger partial charge < -0.3 is 14.8 Å². The van der Waals surface area contributed by atoms with Crippen LogP contribution in [0, 0.1) is 0 Å². The molecule has 1 N–H and O–H groups in total. The fraction of sp³-hybridized carbons (Fsp3) is 0.727. The molecule has 0 amide bonds. The Hall–Kier alpha value is -0.490. The third-order valence-corrected chi connectivity index (χ3v) is 2.88. The summed E-state index contributed by atoms with van der Waals surface area (Å²) in [5, 5.41) is 6.50. The van der Waals surface area contributed by atoms with Crippen LogP contribution in [0.3, 0.4) is 0 Å². The first-order chi connectivity index (χ1) is 7.86. The summed E-state index contributed by atoms with van der Waals surface area (Å²) in [5.41, 5.74) is 1.01. The van der Waals surface area contributed by atoms with E-state index in [0.29, 0.717) is 19.8 Å². The van der Waals surface area contributed by atoms with E-state index in [1.54, 1.807) is 18.4 Å². The third kappa shape index (κ3) is 5.55. The molecule has 0 fully saturated rings. The average molecular weight is 244 g/mol. The van der Waals surface area contributed by atoms with Crippen LogP contribution in [0.1, 0.15) is 24.0 Å². The first-order valence-electron chi connectivity index (χ1n) is 5.57. The lowest BCUT2D eigenvalue weighted by Gasteiger charge is -2.00. The van der Waals surface area contributed by atoms with Gasteiger partial charge in [-0.3, -0.25) is 0 Å². The fourth-order valence-electron chi connectivity index (χ4n) is 1.19. The summed E-state index contributed by atoms with van der Waals surface area (Å²) in [6, 6.07) is 0. The third-order valence-electron chi connectivity index (χ3n) is 1.98. The van der Waals surface area contributed by atoms with Crippen molar-refractivity contribution in [3.63, 3.8) is 0 Å². The van der Waals surface area contributed by atoms with E-state index in [0.717, 1.165) is 30.2 Å². The predicted molar refractivity (Wildman–Crippen MR) is 65.6 cm³/mol. The van der Waals surface area contributed by atoms with E-state index < -0.39 is 0 Å². The van der Waals surface area contributed by atoms with Crippen LogP contribution >= 0.6 is 11.3 Å². The Labute approximate surface area is 101 Å². The molecule has 92 valence electrons. The summed E-state index contributed by atoms with van der Waals surface area (Å²) < 4.78 is 10.3. The van der Waals surface area contributed by atoms with Gasteiger partial charge in [-0.25, -0.2) is 4.98 Å². The van der Waals surface area contributed by atoms with Crippen molar-refractivity contribution >= 4 is 11.3 Å². The first-order valence-corrected chi connectivity index (χ1v) is 6.45. The van der Waals surface area contributed by atoms with E-state index in [2.05, 4.69) is 22.6 Å². The van der Waals surface area contributed by atoms with Crippen molar-refractivity contribution < 1.29 is 9.47 Å². The number of hydrogen-bond acceptors (Lipinski definition) is 5. The summed E-state index contributed by atoms with van der Waals surface area (Å²) in [6.45, 7) is 5.89. The van der Waals surface area contributed by atoms with Crippen LogP contribution < -0.4 is 5.32 Å². The second-order valence-electron chi connectivity index (χ2n) is 3.45. The molecule has 0 aliphatic rings. The summed E-state index contributed by atoms with van der Waals surface area (Å²) in [4.78, 5) is 4.47. The standard InChI is InChI=1S/C11H20N2O2S/c1-3-4-12-7-11-13-10(9-16-11)8-15-6-5-14-2/h9,12H,3-8H2,1-2H3. The zero-order chi connectivity index (χ0) is 11.6. The van der Waals surface area contributed by atoms with Crippen LogP contribution in [0.15, 0.2) is 5.38 Å². The maximum Gasteiger partial charge on any atom is 0.107 e. The van der Waals surface area contributed by atoms with Crippen molar-refractivity contribution in [3.8, 4) is 0 Å². The molecule has 1 aromatic rings. The van der Waals surface area contributed by atoms with Crippen molar-refractivity contribution in [3.05, 3.63) is 16.1 Å². The molecule has 0 saturated heterocycles. The number of aromatic nitrogens is 1. The summed E-state index contributed by atoms with van der Waals surface area (Å²) in [6.07, 6.45) is 1.15. The number of rotatable bonds is 9. The average Bonchev–Trinajstić information content (AvgIpc) is 2.73. The van der Waals surface area contributed by atoms with Gasteiger partial charge in [0.15, 0.2) is 0 Å². The van der Waals surface area contributed by atoms with Crippen LogP contribution in [-0.2, 0) is 22.6 Å². The van der Waals surface area contributed by atoms with Crippen LogP contribution in [0.2, 0.25) is 0 Å². The second kappa shape index (κ2) is 8.64.